The van der Waals surface area contributed by atoms with Crippen LogP contribution < -0.4 is 16.2 Å². The average Bonchev–Trinajstić information content (AvgIpc) is 2.46. The zero-order chi connectivity index (χ0) is 11.2. The van der Waals surface area contributed by atoms with Crippen molar-refractivity contribution in [3.05, 3.63) is 48.0 Å². The summed E-state index contributed by atoms with van der Waals surface area (Å²) in [4.78, 5) is 23.1. The molecule has 76 valence electrons. The summed E-state index contributed by atoms with van der Waals surface area (Å²) < 4.78 is 0. The number of rotatable bonds is 0. The number of fused-ring (bicyclic) bond motifs is 1. The molecule has 2 aromatic rings. The molecule has 15 heavy (non-hydrogen) atoms. The second kappa shape index (κ2) is 3.32. The summed E-state index contributed by atoms with van der Waals surface area (Å²) in [5, 5.41) is 10.8. The molecule has 0 amide bonds. The number of hydrogen-bond donors (Lipinski definition) is 1. The summed E-state index contributed by atoms with van der Waals surface area (Å²) in [5.74, 6) is 0. The lowest BCUT2D eigenvalue weighted by atomic mass is 10.2. The SMILES string of the molecule is O=c1c(=NO)c(=O)c2c(Cl)ccc(Cl)c12. The molecular formula is C9H3Cl2NO3. The molecule has 6 heteroatoms. The Bertz CT molecular complexity index is 643. The van der Waals surface area contributed by atoms with Gasteiger partial charge >= 0.3 is 0 Å². The molecule has 0 spiro atoms. The van der Waals surface area contributed by atoms with Crippen molar-refractivity contribution in [2.45, 2.75) is 0 Å². The van der Waals surface area contributed by atoms with Gasteiger partial charge in [-0.3, -0.25) is 9.59 Å². The molecule has 0 bridgehead atoms. The van der Waals surface area contributed by atoms with Gasteiger partial charge in [0.15, 0.2) is 5.36 Å². The van der Waals surface area contributed by atoms with E-state index in [1.165, 1.54) is 12.1 Å². The van der Waals surface area contributed by atoms with Crippen LogP contribution in [-0.2, 0) is 0 Å². The van der Waals surface area contributed by atoms with Crippen LogP contribution in [0, 0.1) is 0 Å². The Balaban J connectivity index is 3.32. The zero-order valence-electron chi connectivity index (χ0n) is 7.12. The third kappa shape index (κ3) is 1.26. The molecule has 0 aliphatic rings. The maximum atomic E-state index is 11.6. The van der Waals surface area contributed by atoms with Crippen molar-refractivity contribution in [1.29, 1.82) is 0 Å². The van der Waals surface area contributed by atoms with E-state index in [0.717, 1.165) is 0 Å². The van der Waals surface area contributed by atoms with E-state index >= 15 is 0 Å². The summed E-state index contributed by atoms with van der Waals surface area (Å²) in [6, 6.07) is 2.82. The van der Waals surface area contributed by atoms with Gasteiger partial charge in [-0.2, -0.15) is 0 Å². The molecule has 0 saturated carbocycles. The van der Waals surface area contributed by atoms with Gasteiger partial charge in [0.1, 0.15) is 0 Å². The van der Waals surface area contributed by atoms with Crippen LogP contribution >= 0.6 is 23.2 Å². The van der Waals surface area contributed by atoms with Crippen LogP contribution in [0.2, 0.25) is 10.0 Å². The van der Waals surface area contributed by atoms with E-state index in [0.29, 0.717) is 0 Å². The second-order valence-electron chi connectivity index (χ2n) is 2.89. The maximum absolute atomic E-state index is 11.6. The van der Waals surface area contributed by atoms with Crippen molar-refractivity contribution >= 4 is 34.0 Å². The first-order chi connectivity index (χ1) is 7.07. The highest BCUT2D eigenvalue weighted by Gasteiger charge is 2.16. The van der Waals surface area contributed by atoms with Gasteiger partial charge in [-0.1, -0.05) is 28.4 Å². The number of benzene rings is 1. The van der Waals surface area contributed by atoms with Crippen LogP contribution in [0.1, 0.15) is 0 Å². The van der Waals surface area contributed by atoms with E-state index in [1.807, 2.05) is 0 Å². The first kappa shape index (κ1) is 10.1. The smallest absolute Gasteiger partial charge is 0.221 e. The summed E-state index contributed by atoms with van der Waals surface area (Å²) >= 11 is 11.5. The zero-order valence-corrected chi connectivity index (χ0v) is 8.63. The Labute approximate surface area is 92.7 Å². The molecule has 2 aromatic carbocycles. The number of nitrogens with zero attached hydrogens (tertiary/aromatic N) is 1. The number of halogens is 2. The first-order valence-corrected chi connectivity index (χ1v) is 4.63. The molecule has 0 saturated heterocycles. The van der Waals surface area contributed by atoms with Gasteiger partial charge in [-0.15, -0.1) is 0 Å². The van der Waals surface area contributed by atoms with Crippen LogP contribution in [-0.4, -0.2) is 5.21 Å². The predicted octanol–water partition coefficient (Wildman–Crippen LogP) is 1.03. The molecule has 0 unspecified atom stereocenters. The predicted molar refractivity (Wildman–Crippen MR) is 56.2 cm³/mol. The Morgan fingerprint density at radius 3 is 1.73 bits per heavy atom. The van der Waals surface area contributed by atoms with Crippen molar-refractivity contribution in [2.24, 2.45) is 5.16 Å². The van der Waals surface area contributed by atoms with Crippen molar-refractivity contribution in [3.8, 4) is 0 Å². The van der Waals surface area contributed by atoms with Crippen molar-refractivity contribution < 1.29 is 5.21 Å². The summed E-state index contributed by atoms with van der Waals surface area (Å²) in [5.41, 5.74) is -1.41. The van der Waals surface area contributed by atoms with Gasteiger partial charge in [0.2, 0.25) is 10.9 Å². The molecule has 4 nitrogen and oxygen atoms in total. The maximum Gasteiger partial charge on any atom is 0.221 e. The molecule has 0 fully saturated rings. The van der Waals surface area contributed by atoms with Crippen molar-refractivity contribution in [3.63, 3.8) is 0 Å². The minimum absolute atomic E-state index is 0.00182. The van der Waals surface area contributed by atoms with Crippen LogP contribution in [0.5, 0.6) is 0 Å². The topological polar surface area (TPSA) is 66.7 Å². The quantitative estimate of drug-likeness (QED) is 0.556. The fraction of sp³-hybridized carbons (Fsp3) is 0. The Morgan fingerprint density at radius 2 is 1.40 bits per heavy atom. The molecule has 0 atom stereocenters. The van der Waals surface area contributed by atoms with Gasteiger partial charge in [-0.25, -0.2) is 0 Å². The minimum atomic E-state index is -0.704. The molecule has 0 aliphatic carbocycles. The molecular weight excluding hydrogens is 241 g/mol. The summed E-state index contributed by atoms with van der Waals surface area (Å²) in [7, 11) is 0. The van der Waals surface area contributed by atoms with Crippen LogP contribution in [0.3, 0.4) is 0 Å². The molecule has 0 aliphatic heterocycles. The molecule has 0 radical (unpaired) electrons. The van der Waals surface area contributed by atoms with E-state index in [-0.39, 0.29) is 20.8 Å². The number of hydrogen-bond acceptors (Lipinski definition) is 4. The summed E-state index contributed by atoms with van der Waals surface area (Å²) in [6.07, 6.45) is 0. The highest BCUT2D eigenvalue weighted by Crippen LogP contribution is 2.24. The van der Waals surface area contributed by atoms with E-state index in [9.17, 15) is 9.59 Å². The van der Waals surface area contributed by atoms with Crippen LogP contribution in [0.4, 0.5) is 0 Å². The standard InChI is InChI=1S/C9H3Cl2NO3/c10-3-1-2-4(11)6-5(3)8(13)7(12-15)9(6)14/h1-2,15H. The van der Waals surface area contributed by atoms with E-state index in [1.54, 1.807) is 0 Å². The lowest BCUT2D eigenvalue weighted by Crippen LogP contribution is -2.31. The molecule has 0 aromatic heterocycles. The van der Waals surface area contributed by atoms with E-state index in [4.69, 9.17) is 28.4 Å². The lowest BCUT2D eigenvalue weighted by Gasteiger charge is -1.93. The van der Waals surface area contributed by atoms with Gasteiger partial charge in [0.25, 0.3) is 0 Å². The Morgan fingerprint density at radius 1 is 1.00 bits per heavy atom. The fourth-order valence-electron chi connectivity index (χ4n) is 1.43. The fourth-order valence-corrected chi connectivity index (χ4v) is 1.91. The Kier molecular flexibility index (Phi) is 2.25. The van der Waals surface area contributed by atoms with Gasteiger partial charge in [-0.05, 0) is 12.1 Å². The largest absolute Gasteiger partial charge is 0.410 e. The minimum Gasteiger partial charge on any atom is -0.410 e. The van der Waals surface area contributed by atoms with E-state index in [2.05, 4.69) is 5.16 Å². The molecule has 1 N–H and O–H groups in total. The highest BCUT2D eigenvalue weighted by atomic mass is 35.5. The third-order valence-electron chi connectivity index (χ3n) is 2.09. The second-order valence-corrected chi connectivity index (χ2v) is 3.70. The van der Waals surface area contributed by atoms with Crippen LogP contribution in [0.15, 0.2) is 26.9 Å². The van der Waals surface area contributed by atoms with Crippen molar-refractivity contribution in [1.82, 2.24) is 0 Å². The third-order valence-corrected chi connectivity index (χ3v) is 2.72. The van der Waals surface area contributed by atoms with Gasteiger partial charge in [0, 0.05) is 0 Å². The average molecular weight is 244 g/mol. The van der Waals surface area contributed by atoms with Gasteiger partial charge < -0.3 is 5.21 Å². The molecule has 0 heterocycles. The first-order valence-electron chi connectivity index (χ1n) is 3.87. The lowest BCUT2D eigenvalue weighted by molar-refractivity contribution is 0.301. The van der Waals surface area contributed by atoms with Crippen molar-refractivity contribution in [2.75, 3.05) is 0 Å². The Hall–Kier alpha value is -1.39. The summed E-state index contributed by atoms with van der Waals surface area (Å²) in [6.45, 7) is 0. The normalized spacial score (nSPS) is 10.8. The van der Waals surface area contributed by atoms with E-state index < -0.39 is 16.2 Å². The highest BCUT2D eigenvalue weighted by molar-refractivity contribution is 6.40. The monoisotopic (exact) mass is 243 g/mol. The molecule has 2 rings (SSSR count). The van der Waals surface area contributed by atoms with Gasteiger partial charge in [0.05, 0.1) is 20.8 Å². The van der Waals surface area contributed by atoms with Crippen LogP contribution in [0.25, 0.3) is 10.8 Å².